The third kappa shape index (κ3) is 3.54. The summed E-state index contributed by atoms with van der Waals surface area (Å²) in [4.78, 5) is 2.64. The maximum absolute atomic E-state index is 2.33. The molecule has 2 aliphatic carbocycles. The maximum Gasteiger partial charge on any atom is 0.0363 e. The van der Waals surface area contributed by atoms with Crippen molar-refractivity contribution in [2.45, 2.75) is 21.6 Å². The summed E-state index contributed by atoms with van der Waals surface area (Å²) in [5.41, 5.74) is 13.8. The van der Waals surface area contributed by atoms with E-state index >= 15 is 0 Å². The number of hydrogen-bond acceptors (Lipinski definition) is 1. The van der Waals surface area contributed by atoms with E-state index < -0.39 is 0 Å². The van der Waals surface area contributed by atoms with Gasteiger partial charge in [0.25, 0.3) is 0 Å². The molecule has 6 aromatic rings. The van der Waals surface area contributed by atoms with Crippen molar-refractivity contribution in [2.75, 3.05) is 0 Å². The molecule has 0 saturated heterocycles. The van der Waals surface area contributed by atoms with Crippen molar-refractivity contribution in [3.63, 3.8) is 0 Å². The van der Waals surface area contributed by atoms with Gasteiger partial charge in [-0.1, -0.05) is 145 Å². The van der Waals surface area contributed by atoms with Crippen LogP contribution < -0.4 is 0 Å². The van der Waals surface area contributed by atoms with Gasteiger partial charge < -0.3 is 0 Å². The summed E-state index contributed by atoms with van der Waals surface area (Å²) in [6.07, 6.45) is 0. The third-order valence-electron chi connectivity index (χ3n) is 8.35. The first-order chi connectivity index (χ1) is 19.4. The Morgan fingerprint density at radius 1 is 0.282 bits per heavy atom. The highest BCUT2D eigenvalue weighted by atomic mass is 32.2. The molecule has 184 valence electrons. The van der Waals surface area contributed by atoms with E-state index in [1.54, 1.807) is 0 Å². The van der Waals surface area contributed by atoms with E-state index in [9.17, 15) is 0 Å². The Kier molecular flexibility index (Phi) is 5.31. The molecule has 0 aliphatic heterocycles. The van der Waals surface area contributed by atoms with Crippen molar-refractivity contribution in [3.8, 4) is 22.3 Å². The summed E-state index contributed by atoms with van der Waals surface area (Å²) in [6, 6.07) is 53.7. The van der Waals surface area contributed by atoms with E-state index in [2.05, 4.69) is 146 Å². The molecule has 0 unspecified atom stereocenters. The second-order valence-electron chi connectivity index (χ2n) is 10.4. The van der Waals surface area contributed by atoms with Crippen molar-refractivity contribution < 1.29 is 0 Å². The lowest BCUT2D eigenvalue weighted by Gasteiger charge is -2.21. The Balaban J connectivity index is 1.26. The number of hydrogen-bond donors (Lipinski definition) is 0. The molecule has 0 heterocycles. The van der Waals surface area contributed by atoms with Gasteiger partial charge in [0.05, 0.1) is 0 Å². The second-order valence-corrected chi connectivity index (χ2v) is 11.5. The fourth-order valence-electron chi connectivity index (χ4n) is 6.72. The van der Waals surface area contributed by atoms with Crippen LogP contribution in [-0.2, 0) is 0 Å². The summed E-state index contributed by atoms with van der Waals surface area (Å²) >= 11 is 1.91. The smallest absolute Gasteiger partial charge is 0.0363 e. The fraction of sp³-hybridized carbons (Fsp3) is 0.0526. The van der Waals surface area contributed by atoms with Crippen LogP contribution in [-0.4, -0.2) is 0 Å². The monoisotopic (exact) mass is 514 g/mol. The van der Waals surface area contributed by atoms with E-state index in [4.69, 9.17) is 0 Å². The summed E-state index contributed by atoms with van der Waals surface area (Å²) in [5.74, 6) is 0.474. The Morgan fingerprint density at radius 2 is 0.538 bits per heavy atom. The Bertz CT molecular complexity index is 1640. The van der Waals surface area contributed by atoms with Crippen molar-refractivity contribution in [1.29, 1.82) is 0 Å². The molecule has 0 saturated carbocycles. The normalized spacial score (nSPS) is 13.5. The summed E-state index contributed by atoms with van der Waals surface area (Å²) in [5, 5.41) is 0. The maximum atomic E-state index is 2.33. The van der Waals surface area contributed by atoms with Crippen LogP contribution in [0.4, 0.5) is 0 Å². The van der Waals surface area contributed by atoms with Gasteiger partial charge in [-0.3, -0.25) is 0 Å². The van der Waals surface area contributed by atoms with Gasteiger partial charge in [-0.05, 0) is 67.8 Å². The van der Waals surface area contributed by atoms with Gasteiger partial charge in [-0.15, -0.1) is 0 Å². The quantitative estimate of drug-likeness (QED) is 0.225. The Hall–Kier alpha value is -4.33. The topological polar surface area (TPSA) is 0 Å². The molecular formula is C38H26S. The summed E-state index contributed by atoms with van der Waals surface area (Å²) < 4.78 is 0. The van der Waals surface area contributed by atoms with Crippen LogP contribution in [0.1, 0.15) is 45.2 Å². The van der Waals surface area contributed by atoms with E-state index in [0.29, 0.717) is 0 Å². The molecule has 2 aliphatic rings. The van der Waals surface area contributed by atoms with Gasteiger partial charge in [0.1, 0.15) is 0 Å². The molecule has 0 spiro atoms. The van der Waals surface area contributed by atoms with Gasteiger partial charge in [-0.2, -0.15) is 0 Å². The lowest BCUT2D eigenvalue weighted by Crippen LogP contribution is -2.03. The van der Waals surface area contributed by atoms with Crippen LogP contribution in [0.2, 0.25) is 0 Å². The molecule has 6 aromatic carbocycles. The van der Waals surface area contributed by atoms with Crippen LogP contribution in [0, 0.1) is 0 Å². The van der Waals surface area contributed by atoms with Gasteiger partial charge in [-0.25, -0.2) is 0 Å². The van der Waals surface area contributed by atoms with E-state index in [-0.39, 0.29) is 11.8 Å². The molecular weight excluding hydrogens is 488 g/mol. The highest BCUT2D eigenvalue weighted by Gasteiger charge is 2.33. The van der Waals surface area contributed by atoms with E-state index in [0.717, 1.165) is 0 Å². The van der Waals surface area contributed by atoms with Crippen molar-refractivity contribution >= 4 is 11.8 Å². The van der Waals surface area contributed by atoms with E-state index in [1.165, 1.54) is 65.4 Å². The Morgan fingerprint density at radius 3 is 0.872 bits per heavy atom. The van der Waals surface area contributed by atoms with Crippen LogP contribution >= 0.6 is 11.8 Å². The average Bonchev–Trinajstić information content (AvgIpc) is 3.51. The predicted molar refractivity (Wildman–Crippen MR) is 163 cm³/mol. The zero-order chi connectivity index (χ0) is 25.8. The largest absolute Gasteiger partial charge is 0.0895 e. The minimum absolute atomic E-state index is 0.237. The van der Waals surface area contributed by atoms with Crippen molar-refractivity contribution in [2.24, 2.45) is 0 Å². The Labute approximate surface area is 234 Å². The molecule has 0 amide bonds. The van der Waals surface area contributed by atoms with E-state index in [1.807, 2.05) is 11.8 Å². The first kappa shape index (κ1) is 22.6. The molecule has 0 aromatic heterocycles. The first-order valence-corrected chi connectivity index (χ1v) is 14.4. The average molecular weight is 515 g/mol. The SMILES string of the molecule is c1ccc(C2c3ccccc3-c3ccccc32)c(Sc2ccccc2C2c3ccccc3-c3ccccc32)c1. The zero-order valence-electron chi connectivity index (χ0n) is 21.4. The van der Waals surface area contributed by atoms with Crippen molar-refractivity contribution in [1.82, 2.24) is 0 Å². The highest BCUT2D eigenvalue weighted by molar-refractivity contribution is 7.99. The molecule has 39 heavy (non-hydrogen) atoms. The van der Waals surface area contributed by atoms with Crippen LogP contribution in [0.5, 0.6) is 0 Å². The molecule has 0 bridgehead atoms. The minimum Gasteiger partial charge on any atom is -0.0895 e. The molecule has 0 atom stereocenters. The van der Waals surface area contributed by atoms with Gasteiger partial charge in [0.15, 0.2) is 0 Å². The molecule has 0 fully saturated rings. The number of fused-ring (bicyclic) bond motifs is 6. The summed E-state index contributed by atoms with van der Waals surface area (Å²) in [6.45, 7) is 0. The van der Waals surface area contributed by atoms with Crippen molar-refractivity contribution in [3.05, 3.63) is 179 Å². The minimum atomic E-state index is 0.237. The number of rotatable bonds is 4. The third-order valence-corrected chi connectivity index (χ3v) is 9.53. The lowest BCUT2D eigenvalue weighted by molar-refractivity contribution is 0.965. The lowest BCUT2D eigenvalue weighted by atomic mass is 9.89. The number of benzene rings is 6. The molecule has 0 radical (unpaired) electrons. The van der Waals surface area contributed by atoms with Gasteiger partial charge in [0, 0.05) is 21.6 Å². The molecule has 0 N–H and O–H groups in total. The molecule has 8 rings (SSSR count). The van der Waals surface area contributed by atoms with Crippen LogP contribution in [0.25, 0.3) is 22.3 Å². The molecule has 0 nitrogen and oxygen atoms in total. The zero-order valence-corrected chi connectivity index (χ0v) is 22.2. The fourth-order valence-corrected chi connectivity index (χ4v) is 7.86. The van der Waals surface area contributed by atoms with Crippen LogP contribution in [0.15, 0.2) is 155 Å². The molecule has 1 heteroatoms. The summed E-state index contributed by atoms with van der Waals surface area (Å²) in [7, 11) is 0. The highest BCUT2D eigenvalue weighted by Crippen LogP contribution is 2.53. The first-order valence-electron chi connectivity index (χ1n) is 13.6. The van der Waals surface area contributed by atoms with Gasteiger partial charge in [0.2, 0.25) is 0 Å². The van der Waals surface area contributed by atoms with Gasteiger partial charge >= 0.3 is 0 Å². The standard InChI is InChI=1S/C38H26S/c1-5-17-29-25(13-1)26-14-2-6-18-30(26)37(29)33-21-9-11-23-35(33)39-36-24-12-10-22-34(36)38-31-19-7-3-15-27(31)28-16-4-8-20-32(28)38/h1-24,37-38H. The second kappa shape index (κ2) is 9.15. The predicted octanol–water partition coefficient (Wildman–Crippen LogP) is 10.2. The van der Waals surface area contributed by atoms with Crippen LogP contribution in [0.3, 0.4) is 0 Å².